The summed E-state index contributed by atoms with van der Waals surface area (Å²) in [4.78, 5) is 21.0. The van der Waals surface area contributed by atoms with Crippen molar-refractivity contribution in [3.05, 3.63) is 29.8 Å². The minimum atomic E-state index is -3.69. The lowest BCUT2D eigenvalue weighted by Gasteiger charge is -2.07. The molecular formula is C11H14N2O5S. The normalized spacial score (nSPS) is 10.9. The summed E-state index contributed by atoms with van der Waals surface area (Å²) in [6, 6.07) is 6.10. The third kappa shape index (κ3) is 5.87. The number of sulfonamides is 1. The standard InChI is InChI=1S/C11H14N2O5S/c12-10(14)7-8-1-3-9(4-2-8)13-19(17,18)6-5-11(15)16/h1-4,13H,5-7H2,(H2,12,14)(H,15,16). The minimum Gasteiger partial charge on any atom is -0.481 e. The van der Waals surface area contributed by atoms with Gasteiger partial charge in [0.2, 0.25) is 15.9 Å². The van der Waals surface area contributed by atoms with E-state index < -0.39 is 34.1 Å². The molecule has 0 saturated heterocycles. The number of nitrogens with two attached hydrogens (primary N) is 1. The number of rotatable bonds is 7. The van der Waals surface area contributed by atoms with Crippen LogP contribution in [0.25, 0.3) is 0 Å². The molecule has 1 aromatic rings. The number of benzene rings is 1. The van der Waals surface area contributed by atoms with E-state index in [0.717, 1.165) is 0 Å². The number of anilines is 1. The topological polar surface area (TPSA) is 127 Å². The second-order valence-electron chi connectivity index (χ2n) is 3.90. The van der Waals surface area contributed by atoms with Gasteiger partial charge in [-0.25, -0.2) is 8.42 Å². The van der Waals surface area contributed by atoms with Gasteiger partial charge < -0.3 is 10.8 Å². The number of hydrogen-bond donors (Lipinski definition) is 3. The predicted molar refractivity (Wildman–Crippen MR) is 69.0 cm³/mol. The zero-order valence-corrected chi connectivity index (χ0v) is 10.8. The molecule has 0 spiro atoms. The Balaban J connectivity index is 2.67. The molecule has 1 rings (SSSR count). The van der Waals surface area contributed by atoms with Crippen molar-refractivity contribution < 1.29 is 23.1 Å². The Labute approximate surface area is 110 Å². The van der Waals surface area contributed by atoms with Crippen LogP contribution in [0.15, 0.2) is 24.3 Å². The third-order valence-electron chi connectivity index (χ3n) is 2.19. The van der Waals surface area contributed by atoms with E-state index in [-0.39, 0.29) is 6.42 Å². The maximum absolute atomic E-state index is 11.5. The first-order valence-corrected chi connectivity index (χ1v) is 7.03. The van der Waals surface area contributed by atoms with Crippen molar-refractivity contribution in [1.82, 2.24) is 0 Å². The van der Waals surface area contributed by atoms with Gasteiger partial charge in [-0.15, -0.1) is 0 Å². The van der Waals surface area contributed by atoms with E-state index in [9.17, 15) is 18.0 Å². The van der Waals surface area contributed by atoms with Crippen LogP contribution in [0.1, 0.15) is 12.0 Å². The van der Waals surface area contributed by atoms with E-state index in [0.29, 0.717) is 11.3 Å². The van der Waals surface area contributed by atoms with Crippen molar-refractivity contribution in [2.24, 2.45) is 5.73 Å². The molecule has 0 aromatic heterocycles. The number of carbonyl (C=O) groups excluding carboxylic acids is 1. The number of carboxylic acids is 1. The molecular weight excluding hydrogens is 272 g/mol. The second kappa shape index (κ2) is 6.19. The minimum absolute atomic E-state index is 0.0754. The summed E-state index contributed by atoms with van der Waals surface area (Å²) in [6.07, 6.45) is -0.388. The Hall–Kier alpha value is -2.09. The SMILES string of the molecule is NC(=O)Cc1ccc(NS(=O)(=O)CCC(=O)O)cc1. The summed E-state index contributed by atoms with van der Waals surface area (Å²) < 4.78 is 25.3. The monoisotopic (exact) mass is 286 g/mol. The molecule has 1 aromatic carbocycles. The molecule has 8 heteroatoms. The van der Waals surface area contributed by atoms with Crippen LogP contribution in [0.4, 0.5) is 5.69 Å². The lowest BCUT2D eigenvalue weighted by Crippen LogP contribution is -2.19. The fraction of sp³-hybridized carbons (Fsp3) is 0.273. The maximum Gasteiger partial charge on any atom is 0.304 e. The Morgan fingerprint density at radius 2 is 1.79 bits per heavy atom. The molecule has 0 saturated carbocycles. The van der Waals surface area contributed by atoms with Gasteiger partial charge in [0.25, 0.3) is 0 Å². The number of hydrogen-bond acceptors (Lipinski definition) is 4. The van der Waals surface area contributed by atoms with E-state index in [1.807, 2.05) is 0 Å². The first-order chi connectivity index (χ1) is 8.78. The molecule has 0 heterocycles. The number of amides is 1. The summed E-state index contributed by atoms with van der Waals surface area (Å²) in [6.45, 7) is 0. The molecule has 4 N–H and O–H groups in total. The van der Waals surface area contributed by atoms with Crippen LogP contribution in [0, 0.1) is 0 Å². The number of carboxylic acid groups (broad SMARTS) is 1. The van der Waals surface area contributed by atoms with Crippen molar-refractivity contribution in [2.75, 3.05) is 10.5 Å². The van der Waals surface area contributed by atoms with Gasteiger partial charge in [-0.1, -0.05) is 12.1 Å². The summed E-state index contributed by atoms with van der Waals surface area (Å²) in [7, 11) is -3.69. The molecule has 0 atom stereocenters. The average molecular weight is 286 g/mol. The molecule has 0 aliphatic heterocycles. The predicted octanol–water partition coefficient (Wildman–Crippen LogP) is -0.0692. The van der Waals surface area contributed by atoms with E-state index in [1.165, 1.54) is 12.1 Å². The smallest absolute Gasteiger partial charge is 0.304 e. The molecule has 0 bridgehead atoms. The van der Waals surface area contributed by atoms with Crippen LogP contribution in [-0.2, 0) is 26.0 Å². The average Bonchev–Trinajstić information content (AvgIpc) is 2.28. The first-order valence-electron chi connectivity index (χ1n) is 5.38. The quantitative estimate of drug-likeness (QED) is 0.646. The fourth-order valence-corrected chi connectivity index (χ4v) is 2.38. The number of aliphatic carboxylic acids is 1. The van der Waals surface area contributed by atoms with E-state index in [2.05, 4.69) is 4.72 Å². The summed E-state index contributed by atoms with van der Waals surface area (Å²) in [5, 5.41) is 8.43. The summed E-state index contributed by atoms with van der Waals surface area (Å²) in [5.41, 5.74) is 6.00. The van der Waals surface area contributed by atoms with E-state index in [4.69, 9.17) is 10.8 Å². The molecule has 7 nitrogen and oxygen atoms in total. The largest absolute Gasteiger partial charge is 0.481 e. The van der Waals surface area contributed by atoms with E-state index >= 15 is 0 Å². The van der Waals surface area contributed by atoms with Crippen LogP contribution in [0.5, 0.6) is 0 Å². The zero-order valence-electron chi connectivity index (χ0n) is 10.00. The van der Waals surface area contributed by atoms with Crippen molar-refractivity contribution in [2.45, 2.75) is 12.8 Å². The second-order valence-corrected chi connectivity index (χ2v) is 5.75. The highest BCUT2D eigenvalue weighted by Gasteiger charge is 2.12. The Kier molecular flexibility index (Phi) is 4.87. The zero-order chi connectivity index (χ0) is 14.5. The number of carbonyl (C=O) groups is 2. The van der Waals surface area contributed by atoms with Crippen LogP contribution in [0.3, 0.4) is 0 Å². The molecule has 0 fully saturated rings. The van der Waals surface area contributed by atoms with Crippen molar-refractivity contribution >= 4 is 27.6 Å². The highest BCUT2D eigenvalue weighted by molar-refractivity contribution is 7.92. The molecule has 0 unspecified atom stereocenters. The number of primary amides is 1. The van der Waals surface area contributed by atoms with Crippen LogP contribution in [-0.4, -0.2) is 31.2 Å². The number of nitrogens with one attached hydrogen (secondary N) is 1. The molecule has 0 aliphatic rings. The summed E-state index contributed by atoms with van der Waals surface area (Å²) in [5.74, 6) is -2.15. The van der Waals surface area contributed by atoms with Gasteiger partial charge in [-0.3, -0.25) is 14.3 Å². The van der Waals surface area contributed by atoms with Gasteiger partial charge in [0.1, 0.15) is 0 Å². The van der Waals surface area contributed by atoms with Crippen LogP contribution < -0.4 is 10.5 Å². The summed E-state index contributed by atoms with van der Waals surface area (Å²) >= 11 is 0. The van der Waals surface area contributed by atoms with Crippen molar-refractivity contribution in [1.29, 1.82) is 0 Å². The van der Waals surface area contributed by atoms with Crippen LogP contribution >= 0.6 is 0 Å². The molecule has 104 valence electrons. The molecule has 0 aliphatic carbocycles. The van der Waals surface area contributed by atoms with Gasteiger partial charge in [0.05, 0.1) is 18.6 Å². The van der Waals surface area contributed by atoms with Crippen LogP contribution in [0.2, 0.25) is 0 Å². The Bertz CT molecular complexity index is 565. The molecule has 19 heavy (non-hydrogen) atoms. The third-order valence-corrected chi connectivity index (χ3v) is 3.48. The first kappa shape index (κ1) is 15.0. The van der Waals surface area contributed by atoms with Crippen molar-refractivity contribution in [3.63, 3.8) is 0 Å². The maximum atomic E-state index is 11.5. The van der Waals surface area contributed by atoms with Crippen molar-refractivity contribution in [3.8, 4) is 0 Å². The lowest BCUT2D eigenvalue weighted by atomic mass is 10.1. The van der Waals surface area contributed by atoms with Gasteiger partial charge in [-0.05, 0) is 17.7 Å². The Morgan fingerprint density at radius 1 is 1.21 bits per heavy atom. The Morgan fingerprint density at radius 3 is 2.26 bits per heavy atom. The fourth-order valence-electron chi connectivity index (χ4n) is 1.34. The van der Waals surface area contributed by atoms with Gasteiger partial charge in [0.15, 0.2) is 0 Å². The van der Waals surface area contributed by atoms with Gasteiger partial charge in [-0.2, -0.15) is 0 Å². The van der Waals surface area contributed by atoms with E-state index in [1.54, 1.807) is 12.1 Å². The molecule has 1 amide bonds. The highest BCUT2D eigenvalue weighted by atomic mass is 32.2. The molecule has 0 radical (unpaired) electrons. The van der Waals surface area contributed by atoms with Gasteiger partial charge >= 0.3 is 5.97 Å². The highest BCUT2D eigenvalue weighted by Crippen LogP contribution is 2.12. The lowest BCUT2D eigenvalue weighted by molar-refractivity contribution is -0.136. The van der Waals surface area contributed by atoms with Gasteiger partial charge in [0, 0.05) is 5.69 Å².